The van der Waals surface area contributed by atoms with Gasteiger partial charge in [0.1, 0.15) is 5.82 Å². The van der Waals surface area contributed by atoms with Crippen molar-refractivity contribution in [3.8, 4) is 0 Å². The van der Waals surface area contributed by atoms with E-state index in [2.05, 4.69) is 52.2 Å². The molecule has 4 nitrogen and oxygen atoms in total. The summed E-state index contributed by atoms with van der Waals surface area (Å²) < 4.78 is 0. The Kier molecular flexibility index (Phi) is 4.04. The molecule has 0 aliphatic carbocycles. The van der Waals surface area contributed by atoms with Gasteiger partial charge in [-0.3, -0.25) is 0 Å². The number of nitrogens with zero attached hydrogens (tertiary/aromatic N) is 3. The van der Waals surface area contributed by atoms with Crippen molar-refractivity contribution < 1.29 is 0 Å². The molecule has 21 heavy (non-hydrogen) atoms. The second-order valence-corrected chi connectivity index (χ2v) is 5.80. The maximum absolute atomic E-state index is 4.65. The van der Waals surface area contributed by atoms with Crippen molar-refractivity contribution in [1.29, 1.82) is 0 Å². The third kappa shape index (κ3) is 3.15. The average Bonchev–Trinajstić information content (AvgIpc) is 3.02. The molecule has 1 aliphatic heterocycles. The zero-order chi connectivity index (χ0) is 14.7. The number of nitrogens with one attached hydrogen (secondary N) is 1. The van der Waals surface area contributed by atoms with Crippen LogP contribution in [0.4, 0.5) is 17.5 Å². The number of anilines is 3. The smallest absolute Gasteiger partial charge is 0.229 e. The molecular weight excluding hydrogens is 260 g/mol. The van der Waals surface area contributed by atoms with E-state index in [1.54, 1.807) is 0 Å². The monoisotopic (exact) mass is 282 g/mol. The summed E-state index contributed by atoms with van der Waals surface area (Å²) in [6.07, 6.45) is 4.34. The molecule has 3 rings (SSSR count). The molecule has 110 valence electrons. The van der Waals surface area contributed by atoms with Crippen molar-refractivity contribution in [3.63, 3.8) is 0 Å². The lowest BCUT2D eigenvalue weighted by Crippen LogP contribution is -2.19. The van der Waals surface area contributed by atoms with Crippen LogP contribution < -0.4 is 10.2 Å². The number of hydrogen-bond acceptors (Lipinski definition) is 4. The van der Waals surface area contributed by atoms with E-state index < -0.39 is 0 Å². The molecule has 1 fully saturated rings. The molecule has 1 aromatic heterocycles. The maximum atomic E-state index is 4.65. The lowest BCUT2D eigenvalue weighted by molar-refractivity contribution is 0.868. The summed E-state index contributed by atoms with van der Waals surface area (Å²) in [7, 11) is 0. The first-order chi connectivity index (χ1) is 10.2. The minimum atomic E-state index is 0.468. The normalized spacial score (nSPS) is 14.7. The van der Waals surface area contributed by atoms with Gasteiger partial charge in [0.15, 0.2) is 0 Å². The Hall–Kier alpha value is -2.10. The van der Waals surface area contributed by atoms with Crippen LogP contribution in [0.2, 0.25) is 0 Å². The number of para-hydroxylation sites is 1. The van der Waals surface area contributed by atoms with Crippen LogP contribution in [-0.2, 0) is 0 Å². The minimum Gasteiger partial charge on any atom is -0.356 e. The Balaban J connectivity index is 1.83. The van der Waals surface area contributed by atoms with Gasteiger partial charge >= 0.3 is 0 Å². The van der Waals surface area contributed by atoms with Gasteiger partial charge in [-0.1, -0.05) is 32.0 Å². The Labute approximate surface area is 126 Å². The molecule has 1 saturated heterocycles. The predicted molar refractivity (Wildman–Crippen MR) is 87.3 cm³/mol. The fourth-order valence-electron chi connectivity index (χ4n) is 2.77. The largest absolute Gasteiger partial charge is 0.356 e. The lowest BCUT2D eigenvalue weighted by atomic mass is 10.0. The molecule has 1 aliphatic rings. The van der Waals surface area contributed by atoms with Crippen LogP contribution in [0.1, 0.15) is 38.2 Å². The number of benzene rings is 1. The van der Waals surface area contributed by atoms with Crippen LogP contribution in [0.5, 0.6) is 0 Å². The van der Waals surface area contributed by atoms with Gasteiger partial charge in [-0.05, 0) is 36.5 Å². The summed E-state index contributed by atoms with van der Waals surface area (Å²) in [5.41, 5.74) is 2.37. The summed E-state index contributed by atoms with van der Waals surface area (Å²) in [5.74, 6) is 2.16. The van der Waals surface area contributed by atoms with E-state index in [9.17, 15) is 0 Å². The van der Waals surface area contributed by atoms with E-state index in [-0.39, 0.29) is 0 Å². The fraction of sp³-hybridized carbons (Fsp3) is 0.412. The number of aromatic nitrogens is 2. The van der Waals surface area contributed by atoms with Crippen LogP contribution in [0, 0.1) is 0 Å². The average molecular weight is 282 g/mol. The van der Waals surface area contributed by atoms with Gasteiger partial charge in [-0.2, -0.15) is 4.98 Å². The Morgan fingerprint density at radius 3 is 2.62 bits per heavy atom. The SMILES string of the molecule is CC(C)c1ccccc1Nc1nccc(N2CCCC2)n1. The first-order valence-electron chi connectivity index (χ1n) is 7.68. The molecule has 0 saturated carbocycles. The third-order valence-electron chi connectivity index (χ3n) is 3.90. The van der Waals surface area contributed by atoms with Crippen molar-refractivity contribution >= 4 is 17.5 Å². The first kappa shape index (κ1) is 13.9. The highest BCUT2D eigenvalue weighted by Gasteiger charge is 2.14. The second-order valence-electron chi connectivity index (χ2n) is 5.80. The zero-order valence-corrected chi connectivity index (χ0v) is 12.7. The van der Waals surface area contributed by atoms with E-state index in [1.165, 1.54) is 18.4 Å². The summed E-state index contributed by atoms with van der Waals surface area (Å²) in [6, 6.07) is 10.3. The molecule has 0 bridgehead atoms. The van der Waals surface area contributed by atoms with Crippen molar-refractivity contribution in [2.45, 2.75) is 32.6 Å². The summed E-state index contributed by atoms with van der Waals surface area (Å²) >= 11 is 0. The molecule has 0 unspecified atom stereocenters. The molecular formula is C17H22N4. The van der Waals surface area contributed by atoms with E-state index in [1.807, 2.05) is 18.3 Å². The maximum Gasteiger partial charge on any atom is 0.229 e. The molecule has 0 spiro atoms. The van der Waals surface area contributed by atoms with Crippen molar-refractivity contribution in [3.05, 3.63) is 42.1 Å². The lowest BCUT2D eigenvalue weighted by Gasteiger charge is -2.18. The van der Waals surface area contributed by atoms with Gasteiger partial charge < -0.3 is 10.2 Å². The summed E-state index contributed by atoms with van der Waals surface area (Å²) in [5, 5.41) is 3.37. The third-order valence-corrected chi connectivity index (χ3v) is 3.90. The van der Waals surface area contributed by atoms with Crippen LogP contribution in [0.25, 0.3) is 0 Å². The van der Waals surface area contributed by atoms with E-state index >= 15 is 0 Å². The summed E-state index contributed by atoms with van der Waals surface area (Å²) in [6.45, 7) is 6.59. The molecule has 1 N–H and O–H groups in total. The molecule has 2 aromatic rings. The van der Waals surface area contributed by atoms with Crippen LogP contribution >= 0.6 is 0 Å². The van der Waals surface area contributed by atoms with Crippen LogP contribution in [-0.4, -0.2) is 23.1 Å². The van der Waals surface area contributed by atoms with Gasteiger partial charge in [0, 0.05) is 25.0 Å². The minimum absolute atomic E-state index is 0.468. The van der Waals surface area contributed by atoms with E-state index in [0.29, 0.717) is 11.9 Å². The topological polar surface area (TPSA) is 41.1 Å². The first-order valence-corrected chi connectivity index (χ1v) is 7.68. The molecule has 1 aromatic carbocycles. The molecule has 0 amide bonds. The van der Waals surface area contributed by atoms with Crippen molar-refractivity contribution in [2.24, 2.45) is 0 Å². The summed E-state index contributed by atoms with van der Waals surface area (Å²) in [4.78, 5) is 11.3. The van der Waals surface area contributed by atoms with Crippen molar-refractivity contribution in [1.82, 2.24) is 9.97 Å². The fourth-order valence-corrected chi connectivity index (χ4v) is 2.77. The van der Waals surface area contributed by atoms with Crippen molar-refractivity contribution in [2.75, 3.05) is 23.3 Å². The molecule has 0 atom stereocenters. The van der Waals surface area contributed by atoms with Gasteiger partial charge in [0.25, 0.3) is 0 Å². The number of rotatable bonds is 4. The van der Waals surface area contributed by atoms with Crippen LogP contribution in [0.3, 0.4) is 0 Å². The van der Waals surface area contributed by atoms with Crippen LogP contribution in [0.15, 0.2) is 36.5 Å². The second kappa shape index (κ2) is 6.12. The highest BCUT2D eigenvalue weighted by atomic mass is 15.2. The predicted octanol–water partition coefficient (Wildman–Crippen LogP) is 3.94. The Morgan fingerprint density at radius 2 is 1.86 bits per heavy atom. The van der Waals surface area contributed by atoms with Gasteiger partial charge in [0.05, 0.1) is 0 Å². The highest BCUT2D eigenvalue weighted by molar-refractivity contribution is 5.60. The molecule has 2 heterocycles. The number of hydrogen-bond donors (Lipinski definition) is 1. The molecule has 4 heteroatoms. The van der Waals surface area contributed by atoms with Gasteiger partial charge in [-0.25, -0.2) is 4.98 Å². The van der Waals surface area contributed by atoms with Gasteiger partial charge in [-0.15, -0.1) is 0 Å². The van der Waals surface area contributed by atoms with E-state index in [0.717, 1.165) is 24.6 Å². The Morgan fingerprint density at radius 1 is 1.10 bits per heavy atom. The quantitative estimate of drug-likeness (QED) is 0.922. The highest BCUT2D eigenvalue weighted by Crippen LogP contribution is 2.26. The zero-order valence-electron chi connectivity index (χ0n) is 12.7. The molecule has 0 radical (unpaired) electrons. The van der Waals surface area contributed by atoms with E-state index in [4.69, 9.17) is 0 Å². The Bertz CT molecular complexity index is 603. The standard InChI is InChI=1S/C17H22N4/c1-13(2)14-7-3-4-8-15(14)19-17-18-10-9-16(20-17)21-11-5-6-12-21/h3-4,7-10,13H,5-6,11-12H2,1-2H3,(H,18,19,20). The van der Waals surface area contributed by atoms with Gasteiger partial charge in [0.2, 0.25) is 5.95 Å².